The molecule has 9 heteroatoms. The number of hydrogen-bond donors (Lipinski definition) is 3. The summed E-state index contributed by atoms with van der Waals surface area (Å²) in [6.45, 7) is 8.83. The summed E-state index contributed by atoms with van der Waals surface area (Å²) in [6, 6.07) is 25.7. The Morgan fingerprint density at radius 1 is 0.677 bits per heavy atom. The fourth-order valence-corrected chi connectivity index (χ4v) is 10.4. The Hall–Kier alpha value is -5.09. The number of aromatic nitrogens is 2. The number of esters is 1. The van der Waals surface area contributed by atoms with Gasteiger partial charge in [0, 0.05) is 34.2 Å². The molecule has 6 heterocycles. The second-order valence-electron chi connectivity index (χ2n) is 18.0. The number of fused-ring (bicyclic) bond motifs is 4. The van der Waals surface area contributed by atoms with Crippen molar-refractivity contribution in [3.8, 4) is 11.5 Å². The van der Waals surface area contributed by atoms with Crippen LogP contribution in [-0.2, 0) is 37.0 Å². The van der Waals surface area contributed by atoms with Gasteiger partial charge in [0.15, 0.2) is 0 Å². The zero-order valence-electron chi connectivity index (χ0n) is 36.6. The molecule has 326 valence electrons. The minimum absolute atomic E-state index is 0.104. The molecule has 10 rings (SSSR count). The van der Waals surface area contributed by atoms with Gasteiger partial charge >= 0.3 is 5.97 Å². The Kier molecular flexibility index (Phi) is 13.6. The molecule has 2 fully saturated rings. The minimum Gasteiger partial charge on any atom is -0.493 e. The van der Waals surface area contributed by atoms with Gasteiger partial charge in [-0.15, -0.1) is 0 Å². The first-order chi connectivity index (χ1) is 30.5. The van der Waals surface area contributed by atoms with Crippen LogP contribution in [-0.4, -0.2) is 90.4 Å². The fourth-order valence-electron chi connectivity index (χ4n) is 10.4. The molecule has 0 spiro atoms. The van der Waals surface area contributed by atoms with E-state index in [-0.39, 0.29) is 12.6 Å². The van der Waals surface area contributed by atoms with Crippen molar-refractivity contribution in [1.82, 2.24) is 19.8 Å². The molecule has 0 amide bonds. The summed E-state index contributed by atoms with van der Waals surface area (Å²) in [6.07, 6.45) is 18.2. The van der Waals surface area contributed by atoms with E-state index in [1.54, 1.807) is 0 Å². The van der Waals surface area contributed by atoms with Crippen molar-refractivity contribution in [2.45, 2.75) is 95.5 Å². The number of aliphatic hydroxyl groups excluding tert-OH is 1. The van der Waals surface area contributed by atoms with Gasteiger partial charge in [0.25, 0.3) is 0 Å². The van der Waals surface area contributed by atoms with Gasteiger partial charge in [0.1, 0.15) is 11.5 Å². The van der Waals surface area contributed by atoms with Crippen LogP contribution in [0, 0.1) is 0 Å². The molecule has 0 saturated carbocycles. The van der Waals surface area contributed by atoms with Crippen LogP contribution in [0.4, 0.5) is 0 Å². The third-order valence-corrected chi connectivity index (χ3v) is 14.0. The van der Waals surface area contributed by atoms with Crippen LogP contribution in [0.3, 0.4) is 0 Å². The Balaban J connectivity index is 0.000000158. The Bertz CT molecular complexity index is 2440. The lowest BCUT2D eigenvalue weighted by Gasteiger charge is -2.32. The molecule has 62 heavy (non-hydrogen) atoms. The first-order valence-electron chi connectivity index (χ1n) is 23.4. The van der Waals surface area contributed by atoms with Gasteiger partial charge in [-0.05, 0) is 210 Å². The van der Waals surface area contributed by atoms with Gasteiger partial charge in [-0.2, -0.15) is 0 Å². The van der Waals surface area contributed by atoms with E-state index < -0.39 is 0 Å². The van der Waals surface area contributed by atoms with Gasteiger partial charge in [0.05, 0.1) is 32.5 Å². The van der Waals surface area contributed by atoms with Crippen LogP contribution in [0.2, 0.25) is 0 Å². The van der Waals surface area contributed by atoms with Crippen LogP contribution >= 0.6 is 0 Å². The first kappa shape index (κ1) is 42.2. The molecular weight excluding hydrogens is 773 g/mol. The van der Waals surface area contributed by atoms with Gasteiger partial charge in [-0.3, -0.25) is 0 Å². The zero-order valence-corrected chi connectivity index (χ0v) is 36.6. The summed E-state index contributed by atoms with van der Waals surface area (Å²) < 4.78 is 16.4. The number of piperidine rings is 2. The molecule has 6 aromatic rings. The molecule has 0 aliphatic carbocycles. The zero-order chi connectivity index (χ0) is 42.3. The summed E-state index contributed by atoms with van der Waals surface area (Å²) in [5, 5.41) is 11.8. The number of nitrogens with zero attached hydrogens (tertiary/aromatic N) is 2. The summed E-state index contributed by atoms with van der Waals surface area (Å²) >= 11 is 0. The second-order valence-corrected chi connectivity index (χ2v) is 18.0. The van der Waals surface area contributed by atoms with Crippen molar-refractivity contribution >= 4 is 27.8 Å². The van der Waals surface area contributed by atoms with E-state index in [9.17, 15) is 9.90 Å². The molecule has 0 atom stereocenters. The number of hydrogen-bond acceptors (Lipinski definition) is 7. The van der Waals surface area contributed by atoms with Crippen molar-refractivity contribution in [2.24, 2.45) is 0 Å². The smallest absolute Gasteiger partial charge is 0.337 e. The van der Waals surface area contributed by atoms with Gasteiger partial charge in [-0.25, -0.2) is 4.79 Å². The number of aromatic amines is 2. The number of aliphatic hydroxyl groups is 1. The van der Waals surface area contributed by atoms with Crippen LogP contribution < -0.4 is 9.47 Å². The van der Waals surface area contributed by atoms with Crippen LogP contribution in [0.5, 0.6) is 11.5 Å². The number of nitrogens with one attached hydrogen (secondary N) is 2. The van der Waals surface area contributed by atoms with Crippen molar-refractivity contribution in [2.75, 3.05) is 59.6 Å². The third kappa shape index (κ3) is 9.91. The van der Waals surface area contributed by atoms with E-state index in [4.69, 9.17) is 14.2 Å². The van der Waals surface area contributed by atoms with Crippen molar-refractivity contribution in [3.05, 3.63) is 130 Å². The lowest BCUT2D eigenvalue weighted by atomic mass is 9.87. The second kappa shape index (κ2) is 20.0. The maximum Gasteiger partial charge on any atom is 0.337 e. The van der Waals surface area contributed by atoms with Crippen LogP contribution in [0.1, 0.15) is 113 Å². The average Bonchev–Trinajstić information content (AvgIpc) is 3.94. The fraction of sp³-hybridized carbons (Fsp3) is 0.453. The highest BCUT2D eigenvalue weighted by atomic mass is 16.5. The number of carbonyl (C=O) groups excluding carboxylic acids is 1. The molecule has 4 aromatic carbocycles. The number of rotatable bonds is 12. The van der Waals surface area contributed by atoms with Crippen molar-refractivity contribution in [3.63, 3.8) is 0 Å². The maximum atomic E-state index is 11.9. The lowest BCUT2D eigenvalue weighted by Crippen LogP contribution is -2.33. The molecule has 0 bridgehead atoms. The Morgan fingerprint density at radius 3 is 1.71 bits per heavy atom. The van der Waals surface area contributed by atoms with E-state index in [1.807, 2.05) is 24.3 Å². The van der Waals surface area contributed by atoms with E-state index >= 15 is 0 Å². The normalized spacial score (nSPS) is 17.5. The van der Waals surface area contributed by atoms with E-state index in [1.165, 1.54) is 110 Å². The monoisotopic (exact) mass is 836 g/mol. The van der Waals surface area contributed by atoms with E-state index in [0.717, 1.165) is 99.2 Å². The largest absolute Gasteiger partial charge is 0.493 e. The quantitative estimate of drug-likeness (QED) is 0.106. The number of carbonyl (C=O) groups is 1. The highest BCUT2D eigenvalue weighted by molar-refractivity contribution is 5.95. The Morgan fingerprint density at radius 2 is 1.19 bits per heavy atom. The van der Waals surface area contributed by atoms with E-state index in [2.05, 4.69) is 80.7 Å². The SMILES string of the molecule is COC(=O)c1ccc2[nH]cc(CCCN3CCC(c4ccc5c(c4)CCCO5)CC3)c2c1.OCc1ccc2[nH]cc(CCCN3CCC(c4ccc5c(c4)CCCO5)CC3)c2c1. The number of aryl methyl sites for hydroxylation is 4. The number of likely N-dealkylation sites (tertiary alicyclic amines) is 2. The summed E-state index contributed by atoms with van der Waals surface area (Å²) in [5.74, 6) is 3.27. The predicted octanol–water partition coefficient (Wildman–Crippen LogP) is 9.89. The van der Waals surface area contributed by atoms with Crippen LogP contribution in [0.25, 0.3) is 21.8 Å². The average molecular weight is 837 g/mol. The molecule has 3 N–H and O–H groups in total. The molecule has 2 aromatic heterocycles. The third-order valence-electron chi connectivity index (χ3n) is 14.0. The Labute approximate surface area is 366 Å². The number of ether oxygens (including phenoxy) is 3. The first-order valence-corrected chi connectivity index (χ1v) is 23.4. The molecule has 4 aliphatic heterocycles. The summed E-state index contributed by atoms with van der Waals surface area (Å²) in [7, 11) is 1.42. The van der Waals surface area contributed by atoms with Gasteiger partial charge < -0.3 is 39.1 Å². The van der Waals surface area contributed by atoms with E-state index in [0.29, 0.717) is 17.4 Å². The topological polar surface area (TPSA) is 103 Å². The highest BCUT2D eigenvalue weighted by Crippen LogP contribution is 2.35. The summed E-state index contributed by atoms with van der Waals surface area (Å²) in [5.41, 5.74) is 12.3. The number of H-pyrrole nitrogens is 2. The molecule has 9 nitrogen and oxygen atoms in total. The molecule has 0 radical (unpaired) electrons. The molecule has 4 aliphatic rings. The van der Waals surface area contributed by atoms with Crippen molar-refractivity contribution in [1.29, 1.82) is 0 Å². The molecule has 2 saturated heterocycles. The molecule has 0 unspecified atom stereocenters. The standard InChI is InChI=1S/C27H32N2O3.C26H32N2O2/c1-31-27(30)22-6-8-25-24(17-22)23(18-28-25)4-2-12-29-13-10-19(11-14-29)20-7-9-26-21(16-20)5-3-15-32-26;29-18-19-5-7-25-24(15-19)23(17-27-25)3-1-11-28-12-9-20(10-13-28)21-6-8-26-22(16-21)4-2-14-30-26/h6-9,16-19,28H,2-5,10-15H2,1H3;5-8,15-17,20,27,29H,1-4,9-14,18H2. The van der Waals surface area contributed by atoms with Crippen LogP contribution in [0.15, 0.2) is 85.2 Å². The maximum absolute atomic E-state index is 11.9. The lowest BCUT2D eigenvalue weighted by molar-refractivity contribution is 0.0601. The van der Waals surface area contributed by atoms with Gasteiger partial charge in [0.2, 0.25) is 0 Å². The van der Waals surface area contributed by atoms with Gasteiger partial charge in [-0.1, -0.05) is 30.3 Å². The highest BCUT2D eigenvalue weighted by Gasteiger charge is 2.24. The summed E-state index contributed by atoms with van der Waals surface area (Å²) in [4.78, 5) is 23.8. The predicted molar refractivity (Wildman–Crippen MR) is 248 cm³/mol. The van der Waals surface area contributed by atoms with Crippen molar-refractivity contribution < 1.29 is 24.1 Å². The number of methoxy groups -OCH3 is 1. The number of benzene rings is 4. The molecular formula is C53H64N4O5. The minimum atomic E-state index is -0.284.